The van der Waals surface area contributed by atoms with E-state index in [2.05, 4.69) is 15.6 Å². The van der Waals surface area contributed by atoms with Crippen molar-refractivity contribution >= 4 is 17.5 Å². The van der Waals surface area contributed by atoms with Crippen molar-refractivity contribution in [1.82, 2.24) is 10.6 Å². The molecule has 2 aliphatic rings. The highest BCUT2D eigenvalue weighted by Gasteiger charge is 2.18. The number of nitrogens with zero attached hydrogens (tertiary/aromatic N) is 1. The van der Waals surface area contributed by atoms with Crippen LogP contribution in [0.4, 0.5) is 0 Å². The summed E-state index contributed by atoms with van der Waals surface area (Å²) in [7, 11) is 0. The Morgan fingerprint density at radius 1 is 0.741 bits per heavy atom. The quantitative estimate of drug-likeness (QED) is 0.401. The molecule has 0 atom stereocenters. The molecule has 2 rings (SSSR count). The molecular weight excluding hydrogens is 340 g/mol. The zero-order valence-corrected chi connectivity index (χ0v) is 16.8. The van der Waals surface area contributed by atoms with Crippen molar-refractivity contribution in [3.05, 3.63) is 0 Å². The summed E-state index contributed by atoms with van der Waals surface area (Å²) < 4.78 is 0. The predicted octanol–water partition coefficient (Wildman–Crippen LogP) is 2.84. The van der Waals surface area contributed by atoms with Crippen LogP contribution in [0.15, 0.2) is 4.99 Å². The number of guanidine groups is 1. The van der Waals surface area contributed by atoms with Crippen LogP contribution in [0.1, 0.15) is 89.9 Å². The molecule has 0 spiro atoms. The molecule has 2 saturated carbocycles. The lowest BCUT2D eigenvalue weighted by Crippen LogP contribution is -2.48. The van der Waals surface area contributed by atoms with Crippen molar-refractivity contribution in [2.45, 2.75) is 102 Å². The minimum atomic E-state index is 0.0768. The molecule has 0 aliphatic heterocycles. The molecule has 6 heteroatoms. The topological polar surface area (TPSA) is 96.6 Å². The zero-order chi connectivity index (χ0) is 19.3. The Labute approximate surface area is 164 Å². The number of carbonyl (C=O) groups excluding carboxylic acids is 2. The number of Topliss-reactive ketones (excluding diaryl/α,β-unsaturated/α-hetero) is 2. The SMILES string of the molecule is NCCC(=O)CCC(=O)CCN=C(NC1CCCCC1)NC1CCCCC1. The van der Waals surface area contributed by atoms with E-state index in [0.717, 1.165) is 5.96 Å². The monoisotopic (exact) mass is 378 g/mol. The van der Waals surface area contributed by atoms with E-state index in [0.29, 0.717) is 50.9 Å². The van der Waals surface area contributed by atoms with E-state index in [1.165, 1.54) is 64.2 Å². The van der Waals surface area contributed by atoms with E-state index in [1.807, 2.05) is 0 Å². The minimum Gasteiger partial charge on any atom is -0.354 e. The maximum absolute atomic E-state index is 12.0. The Hall–Kier alpha value is -1.43. The second-order valence-electron chi connectivity index (χ2n) is 8.05. The van der Waals surface area contributed by atoms with Gasteiger partial charge in [0, 0.05) is 44.3 Å². The third-order valence-corrected chi connectivity index (χ3v) is 5.66. The van der Waals surface area contributed by atoms with E-state index in [-0.39, 0.29) is 11.6 Å². The zero-order valence-electron chi connectivity index (χ0n) is 16.8. The first-order valence-electron chi connectivity index (χ1n) is 11.0. The van der Waals surface area contributed by atoms with Crippen LogP contribution in [0.25, 0.3) is 0 Å². The van der Waals surface area contributed by atoms with Gasteiger partial charge in [-0.05, 0) is 32.2 Å². The normalized spacial score (nSPS) is 18.7. The third kappa shape index (κ3) is 9.36. The molecule has 0 heterocycles. The Morgan fingerprint density at radius 2 is 1.22 bits per heavy atom. The molecule has 154 valence electrons. The molecule has 0 aromatic rings. The summed E-state index contributed by atoms with van der Waals surface area (Å²) in [5, 5.41) is 7.21. The first-order chi connectivity index (χ1) is 13.2. The summed E-state index contributed by atoms with van der Waals surface area (Å²) in [6.45, 7) is 0.846. The highest BCUT2D eigenvalue weighted by Crippen LogP contribution is 2.19. The van der Waals surface area contributed by atoms with Crippen molar-refractivity contribution in [3.8, 4) is 0 Å². The van der Waals surface area contributed by atoms with Crippen LogP contribution in [-0.2, 0) is 9.59 Å². The molecule has 0 bridgehead atoms. The second-order valence-corrected chi connectivity index (χ2v) is 8.05. The van der Waals surface area contributed by atoms with Gasteiger partial charge in [-0.3, -0.25) is 14.6 Å². The molecule has 2 fully saturated rings. The lowest BCUT2D eigenvalue weighted by atomic mass is 9.95. The van der Waals surface area contributed by atoms with Gasteiger partial charge in [0.2, 0.25) is 0 Å². The van der Waals surface area contributed by atoms with E-state index in [1.54, 1.807) is 0 Å². The lowest BCUT2D eigenvalue weighted by Gasteiger charge is -2.29. The number of carbonyl (C=O) groups is 2. The molecule has 0 unspecified atom stereocenters. The summed E-state index contributed by atoms with van der Waals surface area (Å²) >= 11 is 0. The van der Waals surface area contributed by atoms with Gasteiger partial charge < -0.3 is 16.4 Å². The van der Waals surface area contributed by atoms with E-state index >= 15 is 0 Å². The minimum absolute atomic E-state index is 0.0768. The van der Waals surface area contributed by atoms with Gasteiger partial charge in [-0.2, -0.15) is 0 Å². The smallest absolute Gasteiger partial charge is 0.191 e. The molecule has 0 saturated heterocycles. The van der Waals surface area contributed by atoms with Crippen LogP contribution in [0.3, 0.4) is 0 Å². The lowest BCUT2D eigenvalue weighted by molar-refractivity contribution is -0.124. The molecule has 0 aromatic carbocycles. The highest BCUT2D eigenvalue weighted by molar-refractivity contribution is 5.86. The maximum Gasteiger partial charge on any atom is 0.191 e. The molecule has 2 aliphatic carbocycles. The summed E-state index contributed by atoms with van der Waals surface area (Å²) in [6.07, 6.45) is 14.0. The fraction of sp³-hybridized carbons (Fsp3) is 0.857. The number of nitrogens with two attached hydrogens (primary N) is 1. The van der Waals surface area contributed by atoms with E-state index in [9.17, 15) is 9.59 Å². The van der Waals surface area contributed by atoms with Gasteiger partial charge in [0.05, 0.1) is 0 Å². The van der Waals surface area contributed by atoms with Gasteiger partial charge in [0.15, 0.2) is 5.96 Å². The van der Waals surface area contributed by atoms with Crippen LogP contribution >= 0.6 is 0 Å². The standard InChI is InChI=1S/C21H38N4O2/c22-15-13-19(26)11-12-20(27)14-16-23-21(24-17-7-3-1-4-8-17)25-18-9-5-2-6-10-18/h17-18H,1-16,22H2,(H2,23,24,25). The van der Waals surface area contributed by atoms with Crippen LogP contribution in [0.2, 0.25) is 0 Å². The van der Waals surface area contributed by atoms with Gasteiger partial charge in [-0.25, -0.2) is 0 Å². The number of aliphatic imine (C=N–C) groups is 1. The molecule has 0 radical (unpaired) electrons. The van der Waals surface area contributed by atoms with Crippen molar-refractivity contribution in [1.29, 1.82) is 0 Å². The van der Waals surface area contributed by atoms with Crippen LogP contribution < -0.4 is 16.4 Å². The maximum atomic E-state index is 12.0. The average Bonchev–Trinajstić information content (AvgIpc) is 2.68. The molecule has 4 N–H and O–H groups in total. The number of ketones is 2. The van der Waals surface area contributed by atoms with Gasteiger partial charge in [-0.1, -0.05) is 38.5 Å². The first-order valence-corrected chi connectivity index (χ1v) is 11.0. The third-order valence-electron chi connectivity index (χ3n) is 5.66. The molecule has 27 heavy (non-hydrogen) atoms. The van der Waals surface area contributed by atoms with Crippen molar-refractivity contribution < 1.29 is 9.59 Å². The van der Waals surface area contributed by atoms with E-state index in [4.69, 9.17) is 5.73 Å². The van der Waals surface area contributed by atoms with Crippen LogP contribution in [-0.4, -0.2) is 42.7 Å². The molecule has 6 nitrogen and oxygen atoms in total. The van der Waals surface area contributed by atoms with Gasteiger partial charge in [-0.15, -0.1) is 0 Å². The molecule has 0 aromatic heterocycles. The molecular formula is C21H38N4O2. The fourth-order valence-electron chi connectivity index (χ4n) is 4.00. The van der Waals surface area contributed by atoms with Gasteiger partial charge in [0.25, 0.3) is 0 Å². The summed E-state index contributed by atoms with van der Waals surface area (Å²) in [5.41, 5.74) is 5.37. The number of hydrogen-bond acceptors (Lipinski definition) is 4. The fourth-order valence-corrected chi connectivity index (χ4v) is 4.00. The van der Waals surface area contributed by atoms with Crippen LogP contribution in [0, 0.1) is 0 Å². The largest absolute Gasteiger partial charge is 0.354 e. The summed E-state index contributed by atoms with van der Waals surface area (Å²) in [5.74, 6) is 1.06. The number of hydrogen-bond donors (Lipinski definition) is 3. The Morgan fingerprint density at radius 3 is 1.70 bits per heavy atom. The Bertz CT molecular complexity index is 459. The Balaban J connectivity index is 1.79. The first kappa shape index (κ1) is 21.9. The molecule has 0 amide bonds. The number of nitrogens with one attached hydrogen (secondary N) is 2. The second kappa shape index (κ2) is 12.9. The summed E-state index contributed by atoms with van der Waals surface area (Å²) in [4.78, 5) is 28.2. The van der Waals surface area contributed by atoms with Crippen LogP contribution in [0.5, 0.6) is 0 Å². The summed E-state index contributed by atoms with van der Waals surface area (Å²) in [6, 6.07) is 0.997. The Kier molecular flexibility index (Phi) is 10.4. The van der Waals surface area contributed by atoms with Crippen molar-refractivity contribution in [2.24, 2.45) is 10.7 Å². The van der Waals surface area contributed by atoms with Gasteiger partial charge >= 0.3 is 0 Å². The van der Waals surface area contributed by atoms with Crippen molar-refractivity contribution in [3.63, 3.8) is 0 Å². The predicted molar refractivity (Wildman–Crippen MR) is 110 cm³/mol. The van der Waals surface area contributed by atoms with Crippen molar-refractivity contribution in [2.75, 3.05) is 13.1 Å². The number of rotatable bonds is 10. The highest BCUT2D eigenvalue weighted by atomic mass is 16.1. The average molecular weight is 379 g/mol. The van der Waals surface area contributed by atoms with E-state index < -0.39 is 0 Å². The van der Waals surface area contributed by atoms with Gasteiger partial charge in [0.1, 0.15) is 11.6 Å².